The number of nitrogens with zero attached hydrogens (tertiary/aromatic N) is 1. The van der Waals surface area contributed by atoms with E-state index in [2.05, 4.69) is 4.72 Å². The highest BCUT2D eigenvalue weighted by Gasteiger charge is 2.16. The summed E-state index contributed by atoms with van der Waals surface area (Å²) in [6, 6.07) is 7.98. The van der Waals surface area contributed by atoms with E-state index < -0.39 is 10.0 Å². The Morgan fingerprint density at radius 3 is 2.71 bits per heavy atom. The molecule has 7 heteroatoms. The molecule has 2 rings (SSSR count). The molecule has 0 saturated carbocycles. The molecule has 0 radical (unpaired) electrons. The van der Waals surface area contributed by atoms with Gasteiger partial charge < -0.3 is 4.90 Å². The van der Waals surface area contributed by atoms with Gasteiger partial charge in [-0.25, -0.2) is 13.1 Å². The minimum Gasteiger partial charge on any atom is -0.337 e. The molecule has 1 aromatic carbocycles. The van der Waals surface area contributed by atoms with E-state index in [-0.39, 0.29) is 10.8 Å². The summed E-state index contributed by atoms with van der Waals surface area (Å²) in [7, 11) is -0.515. The van der Waals surface area contributed by atoms with Gasteiger partial charge in [0, 0.05) is 19.2 Å². The van der Waals surface area contributed by atoms with Gasteiger partial charge >= 0.3 is 0 Å². The first-order chi connectivity index (χ1) is 9.94. The van der Waals surface area contributed by atoms with E-state index >= 15 is 0 Å². The van der Waals surface area contributed by atoms with Crippen molar-refractivity contribution in [1.29, 1.82) is 0 Å². The van der Waals surface area contributed by atoms with Crippen molar-refractivity contribution in [2.24, 2.45) is 0 Å². The van der Waals surface area contributed by atoms with Crippen molar-refractivity contribution in [3.8, 4) is 0 Å². The number of nitrogens with one attached hydrogen (secondary N) is 1. The number of sulfonamides is 1. The van der Waals surface area contributed by atoms with Gasteiger partial charge in [0.1, 0.15) is 0 Å². The average molecular weight is 324 g/mol. The molecule has 2 aromatic rings. The lowest BCUT2D eigenvalue weighted by atomic mass is 10.2. The third kappa shape index (κ3) is 3.69. The van der Waals surface area contributed by atoms with Crippen molar-refractivity contribution in [3.63, 3.8) is 0 Å². The van der Waals surface area contributed by atoms with Gasteiger partial charge in [0.15, 0.2) is 0 Å². The Morgan fingerprint density at radius 2 is 2.10 bits per heavy atom. The van der Waals surface area contributed by atoms with Crippen LogP contribution < -0.4 is 4.72 Å². The van der Waals surface area contributed by atoms with E-state index in [1.807, 2.05) is 16.8 Å². The minimum atomic E-state index is -3.55. The van der Waals surface area contributed by atoms with E-state index in [1.54, 1.807) is 35.4 Å². The van der Waals surface area contributed by atoms with E-state index in [0.717, 1.165) is 5.56 Å². The zero-order valence-corrected chi connectivity index (χ0v) is 13.4. The molecule has 0 aliphatic rings. The molecule has 0 fully saturated rings. The Labute approximate surface area is 128 Å². The molecule has 21 heavy (non-hydrogen) atoms. The maximum Gasteiger partial charge on any atom is 0.253 e. The summed E-state index contributed by atoms with van der Waals surface area (Å²) >= 11 is 1.57. The van der Waals surface area contributed by atoms with Gasteiger partial charge in [-0.05, 0) is 47.6 Å². The summed E-state index contributed by atoms with van der Waals surface area (Å²) in [6.45, 7) is 0.491. The summed E-state index contributed by atoms with van der Waals surface area (Å²) in [5, 5.41) is 3.93. The van der Waals surface area contributed by atoms with Crippen LogP contribution in [-0.2, 0) is 16.6 Å². The van der Waals surface area contributed by atoms with Crippen LogP contribution in [0, 0.1) is 0 Å². The normalized spacial score (nSPS) is 11.3. The summed E-state index contributed by atoms with van der Waals surface area (Å²) < 4.78 is 25.8. The molecule has 0 bridgehead atoms. The fraction of sp³-hybridized carbons (Fsp3) is 0.214. The van der Waals surface area contributed by atoms with Gasteiger partial charge in [-0.2, -0.15) is 11.3 Å². The molecule has 0 atom stereocenters. The van der Waals surface area contributed by atoms with Crippen molar-refractivity contribution in [1.82, 2.24) is 9.62 Å². The number of hydrogen-bond donors (Lipinski definition) is 1. The van der Waals surface area contributed by atoms with Crippen LogP contribution in [0.2, 0.25) is 0 Å². The molecule has 1 aromatic heterocycles. The second-order valence-corrected chi connectivity index (χ2v) is 7.19. The van der Waals surface area contributed by atoms with Gasteiger partial charge in [0.2, 0.25) is 10.0 Å². The molecule has 112 valence electrons. The van der Waals surface area contributed by atoms with Gasteiger partial charge in [0.25, 0.3) is 5.91 Å². The largest absolute Gasteiger partial charge is 0.337 e. The first-order valence-corrected chi connectivity index (χ1v) is 8.67. The number of carbonyl (C=O) groups is 1. The maximum atomic E-state index is 12.4. The summed E-state index contributed by atoms with van der Waals surface area (Å²) in [5.74, 6) is -0.214. The van der Waals surface area contributed by atoms with Crippen molar-refractivity contribution in [2.75, 3.05) is 14.1 Å². The lowest BCUT2D eigenvalue weighted by Gasteiger charge is -2.17. The fourth-order valence-electron chi connectivity index (χ4n) is 1.86. The minimum absolute atomic E-state index is 0.0831. The van der Waals surface area contributed by atoms with Gasteiger partial charge in [0.05, 0.1) is 4.90 Å². The van der Waals surface area contributed by atoms with Crippen LogP contribution in [0.4, 0.5) is 0 Å². The zero-order chi connectivity index (χ0) is 15.5. The van der Waals surface area contributed by atoms with Crippen LogP contribution in [0.5, 0.6) is 0 Å². The maximum absolute atomic E-state index is 12.4. The first-order valence-electron chi connectivity index (χ1n) is 6.24. The van der Waals surface area contributed by atoms with Crippen molar-refractivity contribution in [3.05, 3.63) is 52.2 Å². The number of amides is 1. The van der Waals surface area contributed by atoms with Gasteiger partial charge in [-0.1, -0.05) is 6.07 Å². The van der Waals surface area contributed by atoms with E-state index in [9.17, 15) is 13.2 Å². The van der Waals surface area contributed by atoms with Crippen LogP contribution in [0.1, 0.15) is 15.9 Å². The number of thiophene rings is 1. The molecular formula is C14H16N2O3S2. The highest BCUT2D eigenvalue weighted by molar-refractivity contribution is 7.89. The molecular weight excluding hydrogens is 308 g/mol. The molecule has 1 heterocycles. The standard InChI is InChI=1S/C14H16N2O3S2/c1-15-21(18,19)13-5-3-4-12(8-13)14(17)16(2)9-11-6-7-20-10-11/h3-8,10,15H,9H2,1-2H3. The Hall–Kier alpha value is -1.70. The second-order valence-electron chi connectivity index (χ2n) is 4.53. The first kappa shape index (κ1) is 15.7. The predicted molar refractivity (Wildman–Crippen MR) is 82.8 cm³/mol. The summed E-state index contributed by atoms with van der Waals surface area (Å²) in [5.41, 5.74) is 1.40. The molecule has 0 saturated heterocycles. The number of benzene rings is 1. The topological polar surface area (TPSA) is 66.5 Å². The van der Waals surface area contributed by atoms with Crippen molar-refractivity contribution in [2.45, 2.75) is 11.4 Å². The fourth-order valence-corrected chi connectivity index (χ4v) is 3.30. The van der Waals surface area contributed by atoms with Crippen LogP contribution in [0.15, 0.2) is 46.0 Å². The van der Waals surface area contributed by atoms with Gasteiger partial charge in [-0.3, -0.25) is 4.79 Å². The third-order valence-electron chi connectivity index (χ3n) is 3.01. The van der Waals surface area contributed by atoms with Crippen molar-refractivity contribution >= 4 is 27.3 Å². The van der Waals surface area contributed by atoms with Crippen LogP contribution in [-0.4, -0.2) is 33.3 Å². The Balaban J connectivity index is 2.21. The monoisotopic (exact) mass is 324 g/mol. The lowest BCUT2D eigenvalue weighted by Crippen LogP contribution is -2.26. The van der Waals surface area contributed by atoms with Crippen LogP contribution in [0.25, 0.3) is 0 Å². The third-order valence-corrected chi connectivity index (χ3v) is 5.15. The Bertz CT molecular complexity index is 724. The molecule has 1 amide bonds. The number of carbonyl (C=O) groups excluding carboxylic acids is 1. The Kier molecular flexibility index (Phi) is 4.76. The molecule has 0 aliphatic carbocycles. The highest BCUT2D eigenvalue weighted by Crippen LogP contribution is 2.15. The van der Waals surface area contributed by atoms with Crippen LogP contribution in [0.3, 0.4) is 0 Å². The summed E-state index contributed by atoms with van der Waals surface area (Å²) in [4.78, 5) is 14.0. The van der Waals surface area contributed by atoms with E-state index in [4.69, 9.17) is 0 Å². The lowest BCUT2D eigenvalue weighted by molar-refractivity contribution is 0.0785. The molecule has 5 nitrogen and oxygen atoms in total. The van der Waals surface area contributed by atoms with Crippen molar-refractivity contribution < 1.29 is 13.2 Å². The smallest absolute Gasteiger partial charge is 0.253 e. The van der Waals surface area contributed by atoms with E-state index in [1.165, 1.54) is 19.2 Å². The number of rotatable bonds is 5. The highest BCUT2D eigenvalue weighted by atomic mass is 32.2. The molecule has 0 unspecified atom stereocenters. The van der Waals surface area contributed by atoms with Crippen LogP contribution >= 0.6 is 11.3 Å². The Morgan fingerprint density at radius 1 is 1.33 bits per heavy atom. The predicted octanol–water partition coefficient (Wildman–Crippen LogP) is 1.93. The van der Waals surface area contributed by atoms with E-state index in [0.29, 0.717) is 12.1 Å². The SMILES string of the molecule is CNS(=O)(=O)c1cccc(C(=O)N(C)Cc2ccsc2)c1. The second kappa shape index (κ2) is 6.38. The zero-order valence-electron chi connectivity index (χ0n) is 11.7. The van der Waals surface area contributed by atoms with Gasteiger partial charge in [-0.15, -0.1) is 0 Å². The average Bonchev–Trinajstić information content (AvgIpc) is 2.99. The molecule has 0 aliphatic heterocycles. The quantitative estimate of drug-likeness (QED) is 0.914. The summed E-state index contributed by atoms with van der Waals surface area (Å²) in [6.07, 6.45) is 0. The number of hydrogen-bond acceptors (Lipinski definition) is 4. The molecule has 1 N–H and O–H groups in total. The molecule has 0 spiro atoms.